The number of benzene rings is 2. The monoisotopic (exact) mass is 451 g/mol. The summed E-state index contributed by atoms with van der Waals surface area (Å²) in [5, 5.41) is 5.94. The minimum absolute atomic E-state index is 0.0463. The zero-order chi connectivity index (χ0) is 23.0. The molecule has 4 rings (SSSR count). The van der Waals surface area contributed by atoms with Crippen LogP contribution in [0, 0.1) is 5.92 Å². The number of anilines is 1. The highest BCUT2D eigenvalue weighted by molar-refractivity contribution is 5.94. The van der Waals surface area contributed by atoms with Gasteiger partial charge in [-0.15, -0.1) is 0 Å². The van der Waals surface area contributed by atoms with Crippen molar-refractivity contribution in [1.29, 1.82) is 0 Å². The molecule has 2 aromatic carbocycles. The Bertz CT molecular complexity index is 954. The fraction of sp³-hybridized carbons (Fsp3) is 0.462. The maximum atomic E-state index is 12.6. The Morgan fingerprint density at radius 1 is 1.06 bits per heavy atom. The van der Waals surface area contributed by atoms with Crippen LogP contribution in [-0.4, -0.2) is 50.1 Å². The van der Waals surface area contributed by atoms with Gasteiger partial charge >= 0.3 is 0 Å². The lowest BCUT2D eigenvalue weighted by Gasteiger charge is -2.35. The van der Waals surface area contributed by atoms with Crippen molar-refractivity contribution in [2.24, 2.45) is 5.92 Å². The molecule has 7 heteroatoms. The zero-order valence-corrected chi connectivity index (χ0v) is 19.2. The number of piperidine rings is 1. The van der Waals surface area contributed by atoms with Crippen LogP contribution in [0.3, 0.4) is 0 Å². The number of likely N-dealkylation sites (tertiary alicyclic amines) is 1. The van der Waals surface area contributed by atoms with E-state index in [0.29, 0.717) is 18.0 Å². The Morgan fingerprint density at radius 3 is 2.61 bits per heavy atom. The molecule has 176 valence electrons. The number of ether oxygens (including phenoxy) is 2. The van der Waals surface area contributed by atoms with E-state index in [0.717, 1.165) is 50.1 Å². The van der Waals surface area contributed by atoms with Crippen molar-refractivity contribution < 1.29 is 19.1 Å². The maximum Gasteiger partial charge on any atom is 0.258 e. The highest BCUT2D eigenvalue weighted by Gasteiger charge is 2.29. The molecule has 1 unspecified atom stereocenters. The number of hydrogen-bond donors (Lipinski definition) is 2. The number of amides is 2. The van der Waals surface area contributed by atoms with E-state index < -0.39 is 0 Å². The summed E-state index contributed by atoms with van der Waals surface area (Å²) >= 11 is 0. The van der Waals surface area contributed by atoms with Crippen molar-refractivity contribution in [3.05, 3.63) is 54.1 Å². The number of hydrogen-bond acceptors (Lipinski definition) is 5. The quantitative estimate of drug-likeness (QED) is 0.575. The summed E-state index contributed by atoms with van der Waals surface area (Å²) in [5.41, 5.74) is 1.77. The van der Waals surface area contributed by atoms with E-state index in [1.165, 1.54) is 6.42 Å². The Hall–Kier alpha value is -3.06. The second-order valence-electron chi connectivity index (χ2n) is 8.74. The third-order valence-corrected chi connectivity index (χ3v) is 6.24. The number of para-hydroxylation sites is 1. The fourth-order valence-corrected chi connectivity index (χ4v) is 4.27. The third-order valence-electron chi connectivity index (χ3n) is 6.24. The van der Waals surface area contributed by atoms with Crippen LogP contribution in [0.15, 0.2) is 48.5 Å². The van der Waals surface area contributed by atoms with Gasteiger partial charge in [-0.2, -0.15) is 0 Å². The predicted octanol–water partition coefficient (Wildman–Crippen LogP) is 3.77. The van der Waals surface area contributed by atoms with Gasteiger partial charge in [-0.1, -0.05) is 30.7 Å². The van der Waals surface area contributed by atoms with Crippen molar-refractivity contribution in [2.45, 2.75) is 38.1 Å². The molecule has 0 radical (unpaired) electrons. The smallest absolute Gasteiger partial charge is 0.258 e. The van der Waals surface area contributed by atoms with Crippen LogP contribution in [0.1, 0.15) is 43.7 Å². The van der Waals surface area contributed by atoms with Gasteiger partial charge in [0.2, 0.25) is 5.91 Å². The van der Waals surface area contributed by atoms with Gasteiger partial charge in [0.1, 0.15) is 11.5 Å². The average Bonchev–Trinajstić information content (AvgIpc) is 3.70. The molecule has 2 aromatic rings. The van der Waals surface area contributed by atoms with Crippen LogP contribution in [0.5, 0.6) is 11.5 Å². The molecule has 0 spiro atoms. The van der Waals surface area contributed by atoms with Crippen LogP contribution in [0.2, 0.25) is 0 Å². The van der Waals surface area contributed by atoms with Gasteiger partial charge in [-0.3, -0.25) is 14.5 Å². The molecule has 0 aromatic heterocycles. The number of nitrogens with one attached hydrogen (secondary N) is 2. The molecule has 2 amide bonds. The van der Waals surface area contributed by atoms with Gasteiger partial charge in [0.05, 0.1) is 13.2 Å². The molecule has 1 aliphatic carbocycles. The van der Waals surface area contributed by atoms with Gasteiger partial charge in [0, 0.05) is 29.8 Å². The lowest BCUT2D eigenvalue weighted by Crippen LogP contribution is -2.41. The standard InChI is InChI=1S/C26H33N3O4/c1-32-24-11-4-3-10-22(24)23(29-14-5-2-6-15-29)17-27-25(30)18-33-21-9-7-8-20(16-21)28-26(31)19-12-13-19/h3-4,7-11,16,19,23H,2,5-6,12-15,17-18H2,1H3,(H,27,30)(H,28,31). The summed E-state index contributed by atoms with van der Waals surface area (Å²) in [7, 11) is 1.68. The second-order valence-corrected chi connectivity index (χ2v) is 8.74. The fourth-order valence-electron chi connectivity index (χ4n) is 4.27. The van der Waals surface area contributed by atoms with Crippen molar-refractivity contribution >= 4 is 17.5 Å². The Balaban J connectivity index is 1.33. The van der Waals surface area contributed by atoms with Gasteiger partial charge in [0.15, 0.2) is 6.61 Å². The van der Waals surface area contributed by atoms with Crippen LogP contribution >= 0.6 is 0 Å². The first-order chi connectivity index (χ1) is 16.1. The molecule has 1 aliphatic heterocycles. The van der Waals surface area contributed by atoms with Crippen molar-refractivity contribution in [1.82, 2.24) is 10.2 Å². The van der Waals surface area contributed by atoms with E-state index in [2.05, 4.69) is 21.6 Å². The summed E-state index contributed by atoms with van der Waals surface area (Å²) < 4.78 is 11.3. The molecule has 0 bridgehead atoms. The highest BCUT2D eigenvalue weighted by atomic mass is 16.5. The van der Waals surface area contributed by atoms with E-state index in [1.54, 1.807) is 19.2 Å². The Labute approximate surface area is 195 Å². The molecule has 2 N–H and O–H groups in total. The SMILES string of the molecule is COc1ccccc1C(CNC(=O)COc1cccc(NC(=O)C2CC2)c1)N1CCCCC1. The maximum absolute atomic E-state index is 12.6. The Kier molecular flexibility index (Phi) is 7.83. The van der Waals surface area contributed by atoms with E-state index in [4.69, 9.17) is 9.47 Å². The molecule has 2 aliphatic rings. The van der Waals surface area contributed by atoms with Crippen molar-refractivity contribution in [3.8, 4) is 11.5 Å². The lowest BCUT2D eigenvalue weighted by molar-refractivity contribution is -0.123. The van der Waals surface area contributed by atoms with Crippen molar-refractivity contribution in [3.63, 3.8) is 0 Å². The minimum atomic E-state index is -0.181. The van der Waals surface area contributed by atoms with Crippen molar-refractivity contribution in [2.75, 3.05) is 38.7 Å². The predicted molar refractivity (Wildman–Crippen MR) is 127 cm³/mol. The van der Waals surface area contributed by atoms with E-state index in [9.17, 15) is 9.59 Å². The Morgan fingerprint density at radius 2 is 1.85 bits per heavy atom. The minimum Gasteiger partial charge on any atom is -0.496 e. The van der Waals surface area contributed by atoms with Gasteiger partial charge in [0.25, 0.3) is 5.91 Å². The normalized spacial score (nSPS) is 17.1. The van der Waals surface area contributed by atoms with E-state index in [-0.39, 0.29) is 30.4 Å². The summed E-state index contributed by atoms with van der Waals surface area (Å²) in [6, 6.07) is 15.2. The van der Waals surface area contributed by atoms with E-state index in [1.807, 2.05) is 30.3 Å². The number of rotatable bonds is 10. The summed E-state index contributed by atoms with van der Waals surface area (Å²) in [6.07, 6.45) is 5.48. The molecular formula is C26H33N3O4. The van der Waals surface area contributed by atoms with Crippen LogP contribution < -0.4 is 20.1 Å². The topological polar surface area (TPSA) is 79.9 Å². The highest BCUT2D eigenvalue weighted by Crippen LogP contribution is 2.31. The first-order valence-electron chi connectivity index (χ1n) is 11.8. The number of carbonyl (C=O) groups is 2. The van der Waals surface area contributed by atoms with Gasteiger partial charge in [-0.05, 0) is 57.0 Å². The lowest BCUT2D eigenvalue weighted by atomic mass is 10.0. The zero-order valence-electron chi connectivity index (χ0n) is 19.2. The van der Waals surface area contributed by atoms with Crippen LogP contribution in [0.25, 0.3) is 0 Å². The number of nitrogens with zero attached hydrogens (tertiary/aromatic N) is 1. The van der Waals surface area contributed by atoms with Crippen LogP contribution in [0.4, 0.5) is 5.69 Å². The first kappa shape index (κ1) is 23.1. The summed E-state index contributed by atoms with van der Waals surface area (Å²) in [6.45, 7) is 2.42. The van der Waals surface area contributed by atoms with E-state index >= 15 is 0 Å². The molecule has 2 fully saturated rings. The molecule has 1 saturated carbocycles. The molecule has 1 heterocycles. The molecule has 33 heavy (non-hydrogen) atoms. The number of carbonyl (C=O) groups excluding carboxylic acids is 2. The van der Waals surface area contributed by atoms with Gasteiger partial charge in [-0.25, -0.2) is 0 Å². The molecule has 7 nitrogen and oxygen atoms in total. The average molecular weight is 452 g/mol. The largest absolute Gasteiger partial charge is 0.496 e. The van der Waals surface area contributed by atoms with Crippen LogP contribution in [-0.2, 0) is 9.59 Å². The molecule has 1 atom stereocenters. The summed E-state index contributed by atoms with van der Waals surface area (Å²) in [4.78, 5) is 27.0. The second kappa shape index (κ2) is 11.2. The number of methoxy groups -OCH3 is 1. The van der Waals surface area contributed by atoms with Gasteiger partial charge < -0.3 is 20.1 Å². The molecule has 1 saturated heterocycles. The first-order valence-corrected chi connectivity index (χ1v) is 11.8. The summed E-state index contributed by atoms with van der Waals surface area (Å²) in [5.74, 6) is 1.39. The molecular weight excluding hydrogens is 418 g/mol. The third kappa shape index (κ3) is 6.48.